The Morgan fingerprint density at radius 2 is 1.74 bits per heavy atom. The van der Waals surface area contributed by atoms with Gasteiger partial charge in [-0.3, -0.25) is 4.79 Å². The van der Waals surface area contributed by atoms with E-state index in [0.717, 1.165) is 37.9 Å². The quantitative estimate of drug-likeness (QED) is 0.848. The van der Waals surface area contributed by atoms with Crippen molar-refractivity contribution in [1.82, 2.24) is 10.2 Å². The van der Waals surface area contributed by atoms with E-state index in [1.807, 2.05) is 4.90 Å². The summed E-state index contributed by atoms with van der Waals surface area (Å²) in [6.07, 6.45) is 9.37. The Morgan fingerprint density at radius 1 is 1.05 bits per heavy atom. The van der Waals surface area contributed by atoms with Crippen LogP contribution in [0.2, 0.25) is 0 Å². The molecule has 1 heterocycles. The Bertz CT molecular complexity index is 282. The predicted molar refractivity (Wildman–Crippen MR) is 79.0 cm³/mol. The van der Waals surface area contributed by atoms with Crippen LogP contribution in [0.25, 0.3) is 0 Å². The summed E-state index contributed by atoms with van der Waals surface area (Å²) >= 11 is 0. The van der Waals surface area contributed by atoms with Gasteiger partial charge in [0.15, 0.2) is 0 Å². The lowest BCUT2D eigenvalue weighted by Gasteiger charge is -2.38. The lowest BCUT2D eigenvalue weighted by Crippen LogP contribution is -2.51. The molecule has 1 aliphatic heterocycles. The van der Waals surface area contributed by atoms with Gasteiger partial charge in [0.05, 0.1) is 6.04 Å². The van der Waals surface area contributed by atoms with Crippen LogP contribution in [0.4, 0.5) is 0 Å². The molecule has 0 aromatic heterocycles. The van der Waals surface area contributed by atoms with Crippen LogP contribution in [0.15, 0.2) is 0 Å². The van der Waals surface area contributed by atoms with Gasteiger partial charge in [0, 0.05) is 13.1 Å². The lowest BCUT2D eigenvalue weighted by molar-refractivity contribution is -0.134. The first kappa shape index (κ1) is 14.8. The van der Waals surface area contributed by atoms with E-state index < -0.39 is 0 Å². The first-order valence-electron chi connectivity index (χ1n) is 8.28. The highest BCUT2D eigenvalue weighted by Crippen LogP contribution is 2.35. The van der Waals surface area contributed by atoms with Crippen LogP contribution in [-0.2, 0) is 4.79 Å². The predicted octanol–water partition coefficient (Wildman–Crippen LogP) is 2.80. The van der Waals surface area contributed by atoms with Gasteiger partial charge in [0.2, 0.25) is 5.91 Å². The summed E-state index contributed by atoms with van der Waals surface area (Å²) in [6, 6.07) is 0.0839. The smallest absolute Gasteiger partial charge is 0.239 e. The van der Waals surface area contributed by atoms with Crippen molar-refractivity contribution in [3.05, 3.63) is 0 Å². The Morgan fingerprint density at radius 3 is 2.37 bits per heavy atom. The van der Waals surface area contributed by atoms with Gasteiger partial charge < -0.3 is 10.2 Å². The normalized spacial score (nSPS) is 29.2. The molecule has 0 aromatic rings. The first-order chi connectivity index (χ1) is 9.26. The number of carbonyl (C=O) groups is 1. The largest absolute Gasteiger partial charge is 0.342 e. The zero-order valence-electron chi connectivity index (χ0n) is 12.7. The highest BCUT2D eigenvalue weighted by molar-refractivity contribution is 5.82. The van der Waals surface area contributed by atoms with Crippen molar-refractivity contribution in [2.45, 2.75) is 64.8 Å². The minimum absolute atomic E-state index is 0.0839. The molecule has 1 amide bonds. The van der Waals surface area contributed by atoms with Gasteiger partial charge in [-0.2, -0.15) is 0 Å². The molecule has 3 heteroatoms. The molecular weight excluding hydrogens is 236 g/mol. The fraction of sp³-hybridized carbons (Fsp3) is 0.938. The summed E-state index contributed by atoms with van der Waals surface area (Å²) < 4.78 is 0. The number of hydrogen-bond acceptors (Lipinski definition) is 2. The monoisotopic (exact) mass is 266 g/mol. The van der Waals surface area contributed by atoms with Crippen LogP contribution in [0.3, 0.4) is 0 Å². The number of amides is 1. The molecule has 0 radical (unpaired) electrons. The Balaban J connectivity index is 1.90. The molecule has 0 aromatic carbocycles. The fourth-order valence-corrected chi connectivity index (χ4v) is 3.92. The Labute approximate surface area is 118 Å². The minimum atomic E-state index is 0.0839. The van der Waals surface area contributed by atoms with Crippen LogP contribution in [0.1, 0.15) is 58.8 Å². The van der Waals surface area contributed by atoms with Crippen LogP contribution in [0, 0.1) is 11.8 Å². The van der Waals surface area contributed by atoms with Crippen molar-refractivity contribution >= 4 is 5.91 Å². The lowest BCUT2D eigenvalue weighted by atomic mass is 9.74. The van der Waals surface area contributed by atoms with Crippen molar-refractivity contribution in [2.24, 2.45) is 11.8 Å². The van der Waals surface area contributed by atoms with E-state index >= 15 is 0 Å². The average molecular weight is 266 g/mol. The third-order valence-corrected chi connectivity index (χ3v) is 5.13. The summed E-state index contributed by atoms with van der Waals surface area (Å²) in [7, 11) is 0. The second kappa shape index (κ2) is 7.28. The van der Waals surface area contributed by atoms with Crippen molar-refractivity contribution in [3.8, 4) is 0 Å². The highest BCUT2D eigenvalue weighted by Gasteiger charge is 2.33. The maximum Gasteiger partial charge on any atom is 0.239 e. The van der Waals surface area contributed by atoms with E-state index in [-0.39, 0.29) is 6.04 Å². The number of nitrogens with one attached hydrogen (secondary N) is 1. The third kappa shape index (κ3) is 3.71. The average Bonchev–Trinajstić information content (AvgIpc) is 2.49. The summed E-state index contributed by atoms with van der Waals surface area (Å²) in [5.74, 6) is 2.00. The van der Waals surface area contributed by atoms with Gasteiger partial charge in [-0.25, -0.2) is 0 Å². The van der Waals surface area contributed by atoms with Gasteiger partial charge in [-0.05, 0) is 45.1 Å². The van der Waals surface area contributed by atoms with Crippen molar-refractivity contribution in [3.63, 3.8) is 0 Å². The molecule has 2 unspecified atom stereocenters. The third-order valence-electron chi connectivity index (χ3n) is 5.13. The van der Waals surface area contributed by atoms with Crippen LogP contribution in [-0.4, -0.2) is 36.5 Å². The second-order valence-corrected chi connectivity index (χ2v) is 6.20. The van der Waals surface area contributed by atoms with E-state index in [9.17, 15) is 4.79 Å². The van der Waals surface area contributed by atoms with Crippen molar-refractivity contribution < 1.29 is 4.79 Å². The highest BCUT2D eigenvalue weighted by atomic mass is 16.2. The molecule has 2 atom stereocenters. The summed E-state index contributed by atoms with van der Waals surface area (Å²) in [6.45, 7) is 6.84. The Kier molecular flexibility index (Phi) is 5.68. The van der Waals surface area contributed by atoms with E-state index in [4.69, 9.17) is 0 Å². The molecule has 2 rings (SSSR count). The number of rotatable bonds is 4. The molecule has 2 aliphatic rings. The van der Waals surface area contributed by atoms with E-state index in [2.05, 4.69) is 19.2 Å². The number of likely N-dealkylation sites (N-methyl/N-ethyl adjacent to an activating group) is 1. The molecule has 19 heavy (non-hydrogen) atoms. The standard InChI is InChI=1S/C16H30N2O/c1-3-18(4-2)16(19)15-12-14(10-11-17-15)13-8-6-5-7-9-13/h13-15,17H,3-12H2,1-2H3. The molecule has 1 aliphatic carbocycles. The SMILES string of the molecule is CCN(CC)C(=O)C1CC(C2CCCCC2)CCN1. The van der Waals surface area contributed by atoms with Crippen molar-refractivity contribution in [1.29, 1.82) is 0 Å². The van der Waals surface area contributed by atoms with Gasteiger partial charge in [-0.1, -0.05) is 32.1 Å². The van der Waals surface area contributed by atoms with E-state index in [1.54, 1.807) is 0 Å². The molecule has 0 spiro atoms. The maximum absolute atomic E-state index is 12.5. The first-order valence-corrected chi connectivity index (χ1v) is 8.28. The molecule has 2 fully saturated rings. The van der Waals surface area contributed by atoms with Gasteiger partial charge >= 0.3 is 0 Å². The van der Waals surface area contributed by atoms with Crippen molar-refractivity contribution in [2.75, 3.05) is 19.6 Å². The summed E-state index contributed by atoms with van der Waals surface area (Å²) in [5, 5.41) is 3.45. The summed E-state index contributed by atoms with van der Waals surface area (Å²) in [4.78, 5) is 14.4. The number of nitrogens with zero attached hydrogens (tertiary/aromatic N) is 1. The maximum atomic E-state index is 12.5. The van der Waals surface area contributed by atoms with Crippen LogP contribution >= 0.6 is 0 Å². The van der Waals surface area contributed by atoms with E-state index in [0.29, 0.717) is 5.91 Å². The molecule has 3 nitrogen and oxygen atoms in total. The minimum Gasteiger partial charge on any atom is -0.342 e. The van der Waals surface area contributed by atoms with Gasteiger partial charge in [-0.15, -0.1) is 0 Å². The Hall–Kier alpha value is -0.570. The fourth-order valence-electron chi connectivity index (χ4n) is 3.92. The zero-order chi connectivity index (χ0) is 13.7. The molecule has 1 N–H and O–H groups in total. The summed E-state index contributed by atoms with van der Waals surface area (Å²) in [5.41, 5.74) is 0. The molecule has 1 saturated carbocycles. The number of piperidine rings is 1. The topological polar surface area (TPSA) is 32.3 Å². The second-order valence-electron chi connectivity index (χ2n) is 6.20. The number of hydrogen-bond donors (Lipinski definition) is 1. The van der Waals surface area contributed by atoms with Gasteiger partial charge in [0.1, 0.15) is 0 Å². The van der Waals surface area contributed by atoms with Gasteiger partial charge in [0.25, 0.3) is 0 Å². The van der Waals surface area contributed by atoms with E-state index in [1.165, 1.54) is 38.5 Å². The molecule has 1 saturated heterocycles. The molecular formula is C16H30N2O. The number of carbonyl (C=O) groups excluding carboxylic acids is 1. The zero-order valence-corrected chi connectivity index (χ0v) is 12.7. The molecule has 110 valence electrons. The van der Waals surface area contributed by atoms with Crippen LogP contribution < -0.4 is 5.32 Å². The van der Waals surface area contributed by atoms with Crippen LogP contribution in [0.5, 0.6) is 0 Å². The molecule has 0 bridgehead atoms.